The molecule has 0 radical (unpaired) electrons. The number of nitrogens with one attached hydrogen (secondary N) is 1. The van der Waals surface area contributed by atoms with E-state index >= 15 is 0 Å². The summed E-state index contributed by atoms with van der Waals surface area (Å²) in [5, 5.41) is 2.62. The van der Waals surface area contributed by atoms with Gasteiger partial charge in [0.15, 0.2) is 0 Å². The first-order valence-corrected chi connectivity index (χ1v) is 6.84. The van der Waals surface area contributed by atoms with E-state index < -0.39 is 17.6 Å². The molecule has 1 aromatic rings. The Morgan fingerprint density at radius 1 is 1.30 bits per heavy atom. The van der Waals surface area contributed by atoms with Crippen LogP contribution in [0.4, 0.5) is 13.2 Å². The molecule has 0 saturated carbocycles. The molecule has 1 atom stereocenters. The topological polar surface area (TPSA) is 29.1 Å². The van der Waals surface area contributed by atoms with Crippen molar-refractivity contribution in [2.75, 3.05) is 5.88 Å². The molecule has 1 amide bonds. The van der Waals surface area contributed by atoms with Gasteiger partial charge in [-0.3, -0.25) is 4.79 Å². The Balaban J connectivity index is 2.98. The number of amides is 1. The van der Waals surface area contributed by atoms with E-state index in [1.54, 1.807) is 0 Å². The van der Waals surface area contributed by atoms with E-state index in [0.717, 1.165) is 6.07 Å². The second kappa shape index (κ2) is 6.97. The van der Waals surface area contributed by atoms with Crippen LogP contribution in [0.15, 0.2) is 24.3 Å². The van der Waals surface area contributed by atoms with Gasteiger partial charge in [0.05, 0.1) is 11.1 Å². The molecular formula is C14H17ClF3NO. The highest BCUT2D eigenvalue weighted by Crippen LogP contribution is 2.31. The van der Waals surface area contributed by atoms with Crippen molar-refractivity contribution in [3.05, 3.63) is 35.4 Å². The molecule has 0 saturated heterocycles. The summed E-state index contributed by atoms with van der Waals surface area (Å²) in [5.41, 5.74) is -1.29. The quantitative estimate of drug-likeness (QED) is 0.816. The lowest BCUT2D eigenvalue weighted by Gasteiger charge is -2.22. The van der Waals surface area contributed by atoms with Gasteiger partial charge in [0.25, 0.3) is 5.91 Å². The smallest absolute Gasteiger partial charge is 0.349 e. The maximum atomic E-state index is 12.9. The van der Waals surface area contributed by atoms with Gasteiger partial charge in [-0.15, -0.1) is 11.6 Å². The van der Waals surface area contributed by atoms with Crippen molar-refractivity contribution in [1.82, 2.24) is 5.32 Å². The molecule has 0 bridgehead atoms. The summed E-state index contributed by atoms with van der Waals surface area (Å²) >= 11 is 5.64. The second-order valence-corrected chi connectivity index (χ2v) is 5.22. The normalized spacial score (nSPS) is 13.3. The minimum absolute atomic E-state index is 0.0933. The van der Waals surface area contributed by atoms with Crippen LogP contribution in [0, 0.1) is 5.92 Å². The van der Waals surface area contributed by atoms with Crippen molar-refractivity contribution in [2.45, 2.75) is 32.5 Å². The molecule has 0 aliphatic rings. The first kappa shape index (κ1) is 16.8. The highest BCUT2D eigenvalue weighted by molar-refractivity contribution is 6.17. The number of benzene rings is 1. The lowest BCUT2D eigenvalue weighted by Crippen LogP contribution is -2.39. The molecule has 112 valence electrons. The van der Waals surface area contributed by atoms with Crippen molar-refractivity contribution in [3.8, 4) is 0 Å². The van der Waals surface area contributed by atoms with Crippen LogP contribution in [0.1, 0.15) is 36.2 Å². The fraction of sp³-hybridized carbons (Fsp3) is 0.500. The van der Waals surface area contributed by atoms with Gasteiger partial charge in [0.1, 0.15) is 0 Å². The van der Waals surface area contributed by atoms with Gasteiger partial charge in [-0.1, -0.05) is 26.0 Å². The van der Waals surface area contributed by atoms with E-state index in [0.29, 0.717) is 12.3 Å². The number of halogens is 4. The minimum Gasteiger partial charge on any atom is -0.349 e. The van der Waals surface area contributed by atoms with Gasteiger partial charge in [0, 0.05) is 11.9 Å². The molecule has 1 unspecified atom stereocenters. The molecule has 0 fully saturated rings. The van der Waals surface area contributed by atoms with Gasteiger partial charge < -0.3 is 5.32 Å². The summed E-state index contributed by atoms with van der Waals surface area (Å²) in [4.78, 5) is 12.0. The van der Waals surface area contributed by atoms with Crippen molar-refractivity contribution in [1.29, 1.82) is 0 Å². The third-order valence-corrected chi connectivity index (χ3v) is 3.24. The second-order valence-electron chi connectivity index (χ2n) is 4.84. The highest BCUT2D eigenvalue weighted by Gasteiger charge is 2.35. The molecule has 1 rings (SSSR count). The predicted octanol–water partition coefficient (Wildman–Crippen LogP) is 4.09. The molecule has 1 N–H and O–H groups in total. The maximum Gasteiger partial charge on any atom is 0.417 e. The zero-order valence-electron chi connectivity index (χ0n) is 11.3. The molecule has 0 aliphatic heterocycles. The van der Waals surface area contributed by atoms with Crippen molar-refractivity contribution >= 4 is 17.5 Å². The molecular weight excluding hydrogens is 291 g/mol. The van der Waals surface area contributed by atoms with Gasteiger partial charge in [-0.2, -0.15) is 13.2 Å². The molecule has 0 aromatic heterocycles. The number of hydrogen-bond donors (Lipinski definition) is 1. The Labute approximate surface area is 121 Å². The number of hydrogen-bond acceptors (Lipinski definition) is 1. The third-order valence-electron chi connectivity index (χ3n) is 3.02. The number of carbonyl (C=O) groups is 1. The van der Waals surface area contributed by atoms with Crippen LogP contribution in [0.2, 0.25) is 0 Å². The van der Waals surface area contributed by atoms with Crippen LogP contribution >= 0.6 is 11.6 Å². The Bertz CT molecular complexity index is 460. The molecule has 0 aliphatic carbocycles. The first-order chi connectivity index (χ1) is 9.27. The SMILES string of the molecule is CC(C)C(CCCl)NC(=O)c1ccccc1C(F)(F)F. The minimum atomic E-state index is -4.55. The van der Waals surface area contributed by atoms with Gasteiger partial charge >= 0.3 is 6.18 Å². The Hall–Kier alpha value is -1.23. The van der Waals surface area contributed by atoms with Crippen molar-refractivity contribution < 1.29 is 18.0 Å². The van der Waals surface area contributed by atoms with Crippen LogP contribution in [0.3, 0.4) is 0 Å². The Morgan fingerprint density at radius 3 is 2.40 bits per heavy atom. The summed E-state index contributed by atoms with van der Waals surface area (Å²) in [5.74, 6) is -0.290. The van der Waals surface area contributed by atoms with Gasteiger partial charge in [-0.05, 0) is 24.5 Å². The monoisotopic (exact) mass is 307 g/mol. The Kier molecular flexibility index (Phi) is 5.87. The lowest BCUT2D eigenvalue weighted by molar-refractivity contribution is -0.137. The van der Waals surface area contributed by atoms with Crippen LogP contribution in [0.25, 0.3) is 0 Å². The van der Waals surface area contributed by atoms with E-state index in [-0.39, 0.29) is 17.5 Å². The molecule has 6 heteroatoms. The zero-order valence-corrected chi connectivity index (χ0v) is 12.1. The standard InChI is InChI=1S/C14H17ClF3NO/c1-9(2)12(7-8-15)19-13(20)10-5-3-4-6-11(10)14(16,17)18/h3-6,9,12H,7-8H2,1-2H3,(H,19,20). The van der Waals surface area contributed by atoms with Gasteiger partial charge in [0.2, 0.25) is 0 Å². The van der Waals surface area contributed by atoms with Gasteiger partial charge in [-0.25, -0.2) is 0 Å². The number of alkyl halides is 4. The van der Waals surface area contributed by atoms with E-state index in [4.69, 9.17) is 11.6 Å². The van der Waals surface area contributed by atoms with E-state index in [2.05, 4.69) is 5.32 Å². The average molecular weight is 308 g/mol. The Morgan fingerprint density at radius 2 is 1.90 bits per heavy atom. The fourth-order valence-corrected chi connectivity index (χ4v) is 2.10. The number of rotatable bonds is 5. The molecule has 1 aromatic carbocycles. The maximum absolute atomic E-state index is 12.9. The van der Waals surface area contributed by atoms with Crippen molar-refractivity contribution in [2.24, 2.45) is 5.92 Å². The summed E-state index contributed by atoms with van der Waals surface area (Å²) in [6, 6.07) is 4.51. The van der Waals surface area contributed by atoms with Crippen LogP contribution in [0.5, 0.6) is 0 Å². The van der Waals surface area contributed by atoms with Crippen LogP contribution in [-0.2, 0) is 6.18 Å². The summed E-state index contributed by atoms with van der Waals surface area (Å²) in [6.45, 7) is 3.76. The van der Waals surface area contributed by atoms with E-state index in [1.165, 1.54) is 18.2 Å². The lowest BCUT2D eigenvalue weighted by atomic mass is 10.00. The third kappa shape index (κ3) is 4.40. The van der Waals surface area contributed by atoms with E-state index in [1.807, 2.05) is 13.8 Å². The van der Waals surface area contributed by atoms with Crippen molar-refractivity contribution in [3.63, 3.8) is 0 Å². The summed E-state index contributed by atoms with van der Waals surface area (Å²) in [6.07, 6.45) is -4.03. The zero-order chi connectivity index (χ0) is 15.3. The highest BCUT2D eigenvalue weighted by atomic mass is 35.5. The van der Waals surface area contributed by atoms with Crippen LogP contribution < -0.4 is 5.32 Å². The fourth-order valence-electron chi connectivity index (χ4n) is 1.86. The molecule has 0 heterocycles. The number of carbonyl (C=O) groups excluding carboxylic acids is 1. The van der Waals surface area contributed by atoms with E-state index in [9.17, 15) is 18.0 Å². The molecule has 2 nitrogen and oxygen atoms in total. The average Bonchev–Trinajstić information content (AvgIpc) is 2.37. The van der Waals surface area contributed by atoms with Crippen LogP contribution in [-0.4, -0.2) is 17.8 Å². The summed E-state index contributed by atoms with van der Waals surface area (Å²) < 4.78 is 38.6. The first-order valence-electron chi connectivity index (χ1n) is 6.30. The summed E-state index contributed by atoms with van der Waals surface area (Å²) in [7, 11) is 0. The molecule has 20 heavy (non-hydrogen) atoms. The predicted molar refractivity (Wildman–Crippen MR) is 72.9 cm³/mol. The largest absolute Gasteiger partial charge is 0.417 e. The molecule has 0 spiro atoms.